The van der Waals surface area contributed by atoms with E-state index in [2.05, 4.69) is 37.2 Å². The van der Waals surface area contributed by atoms with E-state index in [0.29, 0.717) is 23.0 Å². The molecular formula is C36H33FN8O2. The third kappa shape index (κ3) is 5.81. The van der Waals surface area contributed by atoms with Crippen LogP contribution in [0.15, 0.2) is 108 Å². The highest BCUT2D eigenvalue weighted by Crippen LogP contribution is 2.28. The third-order valence-electron chi connectivity index (χ3n) is 9.02. The van der Waals surface area contributed by atoms with Gasteiger partial charge in [-0.2, -0.15) is 4.98 Å². The molecule has 2 saturated heterocycles. The lowest BCUT2D eigenvalue weighted by Gasteiger charge is -2.38. The second-order valence-electron chi connectivity index (χ2n) is 11.9. The van der Waals surface area contributed by atoms with E-state index in [-0.39, 0.29) is 18.0 Å². The Morgan fingerprint density at radius 3 is 2.62 bits per heavy atom. The van der Waals surface area contributed by atoms with Crippen LogP contribution in [-0.4, -0.2) is 61.2 Å². The van der Waals surface area contributed by atoms with E-state index < -0.39 is 11.4 Å². The summed E-state index contributed by atoms with van der Waals surface area (Å²) in [4.78, 5) is 32.6. The van der Waals surface area contributed by atoms with Crippen LogP contribution in [0.5, 0.6) is 11.5 Å². The quantitative estimate of drug-likeness (QED) is 0.220. The van der Waals surface area contributed by atoms with Crippen molar-refractivity contribution in [2.45, 2.75) is 25.4 Å². The highest BCUT2D eigenvalue weighted by molar-refractivity contribution is 5.77. The molecule has 2 aromatic carbocycles. The summed E-state index contributed by atoms with van der Waals surface area (Å²) in [7, 11) is 0. The Morgan fingerprint density at radius 2 is 1.77 bits per heavy atom. The molecule has 0 amide bonds. The summed E-state index contributed by atoms with van der Waals surface area (Å²) in [6.45, 7) is 4.60. The molecule has 6 aromatic rings. The molecule has 8 rings (SSSR count). The lowest BCUT2D eigenvalue weighted by molar-refractivity contribution is 0.231. The van der Waals surface area contributed by atoms with E-state index in [9.17, 15) is 9.18 Å². The number of benzene rings is 2. The average Bonchev–Trinajstić information content (AvgIpc) is 3.78. The van der Waals surface area contributed by atoms with E-state index in [1.54, 1.807) is 36.8 Å². The van der Waals surface area contributed by atoms with Crippen LogP contribution < -0.4 is 20.5 Å². The lowest BCUT2D eigenvalue weighted by Crippen LogP contribution is -2.50. The van der Waals surface area contributed by atoms with Gasteiger partial charge in [0.1, 0.15) is 5.65 Å². The summed E-state index contributed by atoms with van der Waals surface area (Å²) in [6, 6.07) is 24.2. The standard InChI is InChI=1S/C36H33FN8O2/c37-31-7-1-2-8-32(31)47-33-21-25-22-39-36(40-26-9-11-27(12-10-26)43-20-19-42-17-3-5-29(42)23-43)41-34(25)45(35(33)46)24-30-6-4-18-44(30)28-13-15-38-16-14-28/h1-2,4,6-16,18,21-22,29H,3,5,17,19-20,23-24H2,(H,39,40,41). The molecule has 11 heteroatoms. The van der Waals surface area contributed by atoms with Gasteiger partial charge < -0.3 is 19.5 Å². The molecule has 10 nitrogen and oxygen atoms in total. The van der Waals surface area contributed by atoms with Gasteiger partial charge in [0.05, 0.1) is 6.54 Å². The molecule has 0 saturated carbocycles. The first-order chi connectivity index (χ1) is 23.1. The molecule has 1 N–H and O–H groups in total. The highest BCUT2D eigenvalue weighted by atomic mass is 19.1. The van der Waals surface area contributed by atoms with Crippen molar-refractivity contribution in [3.05, 3.63) is 126 Å². The van der Waals surface area contributed by atoms with Gasteiger partial charge in [0, 0.05) is 78.6 Å². The van der Waals surface area contributed by atoms with Gasteiger partial charge in [-0.25, -0.2) is 9.37 Å². The van der Waals surface area contributed by atoms with Crippen LogP contribution in [0.25, 0.3) is 16.7 Å². The first-order valence-corrected chi connectivity index (χ1v) is 15.8. The zero-order chi connectivity index (χ0) is 31.7. The molecule has 6 heterocycles. The predicted octanol–water partition coefficient (Wildman–Crippen LogP) is 5.98. The van der Waals surface area contributed by atoms with Crippen molar-refractivity contribution in [1.29, 1.82) is 0 Å². The first kappa shape index (κ1) is 28.9. The number of pyridine rings is 2. The van der Waals surface area contributed by atoms with Crippen LogP contribution in [0.1, 0.15) is 18.5 Å². The molecule has 0 aliphatic carbocycles. The lowest BCUT2D eigenvalue weighted by atomic mass is 10.1. The van der Waals surface area contributed by atoms with Crippen molar-refractivity contribution in [3.63, 3.8) is 0 Å². The van der Waals surface area contributed by atoms with Gasteiger partial charge in [0.15, 0.2) is 17.3 Å². The van der Waals surface area contributed by atoms with E-state index in [0.717, 1.165) is 36.7 Å². The second kappa shape index (κ2) is 12.3. The summed E-state index contributed by atoms with van der Waals surface area (Å²) in [5.41, 5.74) is 3.76. The summed E-state index contributed by atoms with van der Waals surface area (Å²) in [5.74, 6) is -0.274. The van der Waals surface area contributed by atoms with Gasteiger partial charge in [-0.3, -0.25) is 19.2 Å². The summed E-state index contributed by atoms with van der Waals surface area (Å²) in [5, 5.41) is 3.88. The van der Waals surface area contributed by atoms with E-state index >= 15 is 0 Å². The number of fused-ring (bicyclic) bond motifs is 2. The number of para-hydroxylation sites is 1. The largest absolute Gasteiger partial charge is 0.448 e. The van der Waals surface area contributed by atoms with Crippen LogP contribution in [-0.2, 0) is 6.54 Å². The minimum Gasteiger partial charge on any atom is -0.448 e. The number of hydrogen-bond donors (Lipinski definition) is 1. The topological polar surface area (TPSA) is 93.3 Å². The second-order valence-corrected chi connectivity index (χ2v) is 11.9. The fourth-order valence-corrected chi connectivity index (χ4v) is 6.63. The van der Waals surface area contributed by atoms with Crippen LogP contribution in [0.4, 0.5) is 21.7 Å². The van der Waals surface area contributed by atoms with Gasteiger partial charge in [-0.05, 0) is 86.1 Å². The SMILES string of the molecule is O=c1c(Oc2ccccc2F)cc2cnc(Nc3ccc(N4CCN5CCCC5C4)cc3)nc2n1Cc1cccn1-c1ccncc1. The van der Waals surface area contributed by atoms with Gasteiger partial charge >= 0.3 is 0 Å². The van der Waals surface area contributed by atoms with Crippen molar-refractivity contribution in [2.75, 3.05) is 36.4 Å². The van der Waals surface area contributed by atoms with Gasteiger partial charge in [-0.1, -0.05) is 12.1 Å². The summed E-state index contributed by atoms with van der Waals surface area (Å²) >= 11 is 0. The number of rotatable bonds is 8. The molecule has 1 atom stereocenters. The normalized spacial score (nSPS) is 16.4. The van der Waals surface area contributed by atoms with Crippen LogP contribution in [0.3, 0.4) is 0 Å². The molecule has 2 aliphatic heterocycles. The number of aromatic nitrogens is 5. The minimum atomic E-state index is -0.562. The first-order valence-electron chi connectivity index (χ1n) is 15.8. The molecule has 0 radical (unpaired) electrons. The number of piperazine rings is 1. The number of ether oxygens (including phenoxy) is 1. The maximum atomic E-state index is 14.5. The number of hydrogen-bond acceptors (Lipinski definition) is 8. The van der Waals surface area contributed by atoms with Gasteiger partial charge in [0.2, 0.25) is 5.95 Å². The third-order valence-corrected chi connectivity index (χ3v) is 9.02. The molecule has 2 aliphatic rings. The van der Waals surface area contributed by atoms with E-state index in [1.165, 1.54) is 41.8 Å². The van der Waals surface area contributed by atoms with E-state index in [4.69, 9.17) is 9.72 Å². The van der Waals surface area contributed by atoms with Gasteiger partial charge in [0.25, 0.3) is 5.56 Å². The Hall–Kier alpha value is -5.55. The molecular weight excluding hydrogens is 595 g/mol. The van der Waals surface area contributed by atoms with Crippen molar-refractivity contribution in [3.8, 4) is 17.2 Å². The molecule has 47 heavy (non-hydrogen) atoms. The van der Waals surface area contributed by atoms with Crippen LogP contribution >= 0.6 is 0 Å². The predicted molar refractivity (Wildman–Crippen MR) is 179 cm³/mol. The zero-order valence-electron chi connectivity index (χ0n) is 25.7. The Balaban J connectivity index is 1.12. The fourth-order valence-electron chi connectivity index (χ4n) is 6.63. The monoisotopic (exact) mass is 628 g/mol. The van der Waals surface area contributed by atoms with Crippen molar-refractivity contribution < 1.29 is 9.13 Å². The number of nitrogens with zero attached hydrogens (tertiary/aromatic N) is 7. The number of anilines is 3. The van der Waals surface area contributed by atoms with Crippen LogP contribution in [0, 0.1) is 5.82 Å². The summed E-state index contributed by atoms with van der Waals surface area (Å²) < 4.78 is 23.9. The van der Waals surface area contributed by atoms with E-state index in [1.807, 2.05) is 47.2 Å². The number of nitrogens with one attached hydrogen (secondary N) is 1. The smallest absolute Gasteiger partial charge is 0.295 e. The summed E-state index contributed by atoms with van der Waals surface area (Å²) in [6.07, 6.45) is 9.57. The molecule has 2 fully saturated rings. The Kier molecular flexibility index (Phi) is 7.58. The maximum Gasteiger partial charge on any atom is 0.295 e. The Morgan fingerprint density at radius 1 is 0.915 bits per heavy atom. The van der Waals surface area contributed by atoms with Crippen molar-refractivity contribution in [2.24, 2.45) is 0 Å². The fraction of sp³-hybridized carbons (Fsp3) is 0.222. The zero-order valence-corrected chi connectivity index (χ0v) is 25.7. The Labute approximate surface area is 270 Å². The van der Waals surface area contributed by atoms with Crippen molar-refractivity contribution in [1.82, 2.24) is 29.0 Å². The average molecular weight is 629 g/mol. The van der Waals surface area contributed by atoms with Crippen molar-refractivity contribution >= 4 is 28.4 Å². The number of halogens is 1. The molecule has 236 valence electrons. The molecule has 4 aromatic heterocycles. The molecule has 1 unspecified atom stereocenters. The molecule has 0 bridgehead atoms. The van der Waals surface area contributed by atoms with Crippen LogP contribution in [0.2, 0.25) is 0 Å². The van der Waals surface area contributed by atoms with Gasteiger partial charge in [-0.15, -0.1) is 0 Å². The molecule has 0 spiro atoms. The maximum absolute atomic E-state index is 14.5. The Bertz CT molecular complexity index is 2100. The highest BCUT2D eigenvalue weighted by Gasteiger charge is 2.30. The minimum absolute atomic E-state index is 0.0250.